The zero-order chi connectivity index (χ0) is 14.8. The first-order valence-electron chi connectivity index (χ1n) is 6.81. The molecule has 0 spiro atoms. The van der Waals surface area contributed by atoms with Crippen LogP contribution in [0.3, 0.4) is 0 Å². The summed E-state index contributed by atoms with van der Waals surface area (Å²) in [6, 6.07) is 0. The van der Waals surface area contributed by atoms with E-state index in [0.717, 1.165) is 5.75 Å². The number of thioether (sulfide) groups is 1. The molecule has 5 heteroatoms. The first-order chi connectivity index (χ1) is 8.60. The molecule has 0 unspecified atom stereocenters. The normalized spacial score (nSPS) is 25.5. The van der Waals surface area contributed by atoms with Crippen LogP contribution in [0.1, 0.15) is 27.7 Å². The van der Waals surface area contributed by atoms with Gasteiger partial charge in [0.25, 0.3) is 0 Å². The topological polar surface area (TPSA) is 38.3 Å². The van der Waals surface area contributed by atoms with Crippen LogP contribution in [0.5, 0.6) is 0 Å². The Morgan fingerprint density at radius 3 is 2.53 bits per heavy atom. The molecule has 1 aliphatic heterocycles. The van der Waals surface area contributed by atoms with Gasteiger partial charge >= 0.3 is 0 Å². The third-order valence-electron chi connectivity index (χ3n) is 4.10. The quantitative estimate of drug-likeness (QED) is 0.464. The Balaban J connectivity index is 2.64. The first-order valence-corrected chi connectivity index (χ1v) is 10.8. The summed E-state index contributed by atoms with van der Waals surface area (Å²) >= 11 is 1.72. The predicted molar refractivity (Wildman–Crippen MR) is 85.8 cm³/mol. The fourth-order valence-corrected chi connectivity index (χ4v) is 4.38. The highest BCUT2D eigenvalue weighted by atomic mass is 32.2. The lowest BCUT2D eigenvalue weighted by Gasteiger charge is -2.45. The van der Waals surface area contributed by atoms with Crippen molar-refractivity contribution in [1.82, 2.24) is 5.32 Å². The van der Waals surface area contributed by atoms with E-state index in [0.29, 0.717) is 0 Å². The van der Waals surface area contributed by atoms with Gasteiger partial charge in [0.2, 0.25) is 5.91 Å². The van der Waals surface area contributed by atoms with E-state index in [4.69, 9.17) is 4.43 Å². The van der Waals surface area contributed by atoms with Crippen molar-refractivity contribution in [3.63, 3.8) is 0 Å². The molecule has 1 heterocycles. The molecule has 3 atom stereocenters. The van der Waals surface area contributed by atoms with Gasteiger partial charge in [0.15, 0.2) is 8.32 Å². The van der Waals surface area contributed by atoms with Crippen LogP contribution in [0, 0.1) is 5.92 Å². The second-order valence-electron chi connectivity index (χ2n) is 6.66. The molecular weight excluding hydrogens is 274 g/mol. The Kier molecular flexibility index (Phi) is 5.32. The molecule has 0 aromatic carbocycles. The summed E-state index contributed by atoms with van der Waals surface area (Å²) in [5.41, 5.74) is 0. The van der Waals surface area contributed by atoms with Crippen LogP contribution in [0.2, 0.25) is 18.1 Å². The smallest absolute Gasteiger partial charge is 0.229 e. The molecule has 0 saturated carbocycles. The number of β-lactam (4-membered cyclic amide) rings is 1. The number of amides is 1. The number of carbonyl (C=O) groups excluding carboxylic acids is 1. The maximum absolute atomic E-state index is 11.8. The van der Waals surface area contributed by atoms with Crippen LogP contribution in [0.15, 0.2) is 12.7 Å². The van der Waals surface area contributed by atoms with E-state index in [1.165, 1.54) is 0 Å². The van der Waals surface area contributed by atoms with Crippen LogP contribution in [-0.4, -0.2) is 31.5 Å². The number of hydrogen-bond donors (Lipinski definition) is 1. The van der Waals surface area contributed by atoms with Crippen molar-refractivity contribution >= 4 is 26.0 Å². The number of carbonyl (C=O) groups is 1. The van der Waals surface area contributed by atoms with Crippen molar-refractivity contribution in [3.05, 3.63) is 12.7 Å². The molecule has 0 aromatic heterocycles. The lowest BCUT2D eigenvalue weighted by Crippen LogP contribution is -2.62. The molecule has 110 valence electrons. The van der Waals surface area contributed by atoms with E-state index >= 15 is 0 Å². The number of hydrogen-bond acceptors (Lipinski definition) is 3. The van der Waals surface area contributed by atoms with Crippen molar-refractivity contribution in [2.45, 2.75) is 57.3 Å². The van der Waals surface area contributed by atoms with Gasteiger partial charge in [-0.05, 0) is 25.1 Å². The van der Waals surface area contributed by atoms with E-state index in [1.807, 2.05) is 13.0 Å². The SMILES string of the molecule is C=CCS[C@@H]1NC(=O)[C@@H]1[C@@H](C)O[Si](C)(C)C(C)(C)C. The molecule has 0 bridgehead atoms. The molecule has 1 aliphatic rings. The van der Waals surface area contributed by atoms with Crippen molar-refractivity contribution < 1.29 is 9.22 Å². The molecule has 1 fully saturated rings. The van der Waals surface area contributed by atoms with Crippen LogP contribution in [0.25, 0.3) is 0 Å². The zero-order valence-electron chi connectivity index (χ0n) is 12.9. The van der Waals surface area contributed by atoms with E-state index in [2.05, 4.69) is 45.8 Å². The molecule has 1 amide bonds. The highest BCUT2D eigenvalue weighted by Crippen LogP contribution is 2.39. The second-order valence-corrected chi connectivity index (χ2v) is 12.6. The fourth-order valence-electron chi connectivity index (χ4n) is 1.86. The lowest BCUT2D eigenvalue weighted by molar-refractivity contribution is -0.136. The van der Waals surface area contributed by atoms with Gasteiger partial charge in [-0.25, -0.2) is 0 Å². The van der Waals surface area contributed by atoms with Crippen LogP contribution in [-0.2, 0) is 9.22 Å². The van der Waals surface area contributed by atoms with Crippen LogP contribution in [0.4, 0.5) is 0 Å². The zero-order valence-corrected chi connectivity index (χ0v) is 14.8. The van der Waals surface area contributed by atoms with Crippen molar-refractivity contribution in [2.24, 2.45) is 5.92 Å². The summed E-state index contributed by atoms with van der Waals surface area (Å²) in [4.78, 5) is 11.8. The average molecular weight is 302 g/mol. The molecule has 0 aromatic rings. The van der Waals surface area contributed by atoms with E-state index in [1.54, 1.807) is 11.8 Å². The van der Waals surface area contributed by atoms with Gasteiger partial charge in [0.1, 0.15) is 0 Å². The lowest BCUT2D eigenvalue weighted by atomic mass is 9.96. The summed E-state index contributed by atoms with van der Waals surface area (Å²) in [6.07, 6.45) is 1.85. The van der Waals surface area contributed by atoms with Gasteiger partial charge < -0.3 is 9.74 Å². The van der Waals surface area contributed by atoms with Crippen LogP contribution < -0.4 is 5.32 Å². The third-order valence-corrected chi connectivity index (χ3v) is 9.87. The van der Waals surface area contributed by atoms with Crippen molar-refractivity contribution in [2.75, 3.05) is 5.75 Å². The molecule has 0 radical (unpaired) electrons. The van der Waals surface area contributed by atoms with Crippen molar-refractivity contribution in [3.8, 4) is 0 Å². The van der Waals surface area contributed by atoms with E-state index < -0.39 is 8.32 Å². The summed E-state index contributed by atoms with van der Waals surface area (Å²) in [6.45, 7) is 16.9. The maximum Gasteiger partial charge on any atom is 0.229 e. The molecule has 1 N–H and O–H groups in total. The molecule has 0 aliphatic carbocycles. The number of rotatable bonds is 6. The average Bonchev–Trinajstić information content (AvgIpc) is 2.20. The minimum absolute atomic E-state index is 0.0167. The summed E-state index contributed by atoms with van der Waals surface area (Å²) in [7, 11) is -1.81. The monoisotopic (exact) mass is 301 g/mol. The highest BCUT2D eigenvalue weighted by Gasteiger charge is 2.47. The minimum Gasteiger partial charge on any atom is -0.413 e. The van der Waals surface area contributed by atoms with E-state index in [-0.39, 0.29) is 28.3 Å². The van der Waals surface area contributed by atoms with Gasteiger partial charge in [0.05, 0.1) is 17.4 Å². The summed E-state index contributed by atoms with van der Waals surface area (Å²) in [5, 5.41) is 3.29. The second kappa shape index (κ2) is 6.02. The Morgan fingerprint density at radius 1 is 1.53 bits per heavy atom. The highest BCUT2D eigenvalue weighted by molar-refractivity contribution is 8.00. The van der Waals surface area contributed by atoms with Gasteiger partial charge in [-0.2, -0.15) is 0 Å². The first kappa shape index (κ1) is 16.8. The molecule has 1 saturated heterocycles. The fraction of sp³-hybridized carbons (Fsp3) is 0.786. The molecule has 3 nitrogen and oxygen atoms in total. The van der Waals surface area contributed by atoms with Crippen molar-refractivity contribution in [1.29, 1.82) is 0 Å². The summed E-state index contributed by atoms with van der Waals surface area (Å²) < 4.78 is 6.33. The van der Waals surface area contributed by atoms with Gasteiger partial charge in [-0.3, -0.25) is 4.79 Å². The molecule has 19 heavy (non-hydrogen) atoms. The largest absolute Gasteiger partial charge is 0.413 e. The van der Waals surface area contributed by atoms with Gasteiger partial charge in [-0.15, -0.1) is 18.3 Å². The Labute approximate surface area is 122 Å². The Morgan fingerprint density at radius 2 is 2.11 bits per heavy atom. The molecule has 1 rings (SSSR count). The summed E-state index contributed by atoms with van der Waals surface area (Å²) in [5.74, 6) is 0.945. The third kappa shape index (κ3) is 3.86. The standard InChI is InChI=1S/C14H27NO2SSi/c1-8-9-18-13-11(12(16)15-13)10(2)17-19(6,7)14(3,4)5/h8,10-11,13H,1,9H2,2-7H3,(H,15,16)/t10-,11+,13+/m1/s1. The van der Waals surface area contributed by atoms with E-state index in [9.17, 15) is 4.79 Å². The minimum atomic E-state index is -1.81. The predicted octanol–water partition coefficient (Wildman–Crippen LogP) is 3.39. The van der Waals surface area contributed by atoms with Crippen LogP contribution >= 0.6 is 11.8 Å². The maximum atomic E-state index is 11.8. The Bertz CT molecular complexity index is 352. The number of nitrogens with one attached hydrogen (secondary N) is 1. The van der Waals surface area contributed by atoms with Gasteiger partial charge in [-0.1, -0.05) is 26.8 Å². The van der Waals surface area contributed by atoms with Gasteiger partial charge in [0, 0.05) is 5.75 Å². The molecular formula is C14H27NO2SSi. The Hall–Kier alpha value is -0.263.